The minimum Gasteiger partial charge on any atom is -0.454 e. The molecule has 1 aliphatic heterocycles. The third-order valence-electron chi connectivity index (χ3n) is 12.9. The Kier molecular flexibility index (Phi) is 43.3. The van der Waals surface area contributed by atoms with Gasteiger partial charge in [0.15, 0.2) is 12.4 Å². The molecule has 1 rings (SSSR count). The van der Waals surface area contributed by atoms with Crippen molar-refractivity contribution >= 4 is 11.9 Å². The summed E-state index contributed by atoms with van der Waals surface area (Å²) in [6, 6.07) is -1.04. The third-order valence-corrected chi connectivity index (χ3v) is 12.9. The largest absolute Gasteiger partial charge is 0.454 e. The molecule has 400 valence electrons. The smallest absolute Gasteiger partial charge is 0.306 e. The number of amides is 1. The molecule has 11 heteroatoms. The number of hydrogen-bond acceptors (Lipinski definition) is 10. The first-order valence-electron chi connectivity index (χ1n) is 28.1. The highest BCUT2D eigenvalue weighted by Crippen LogP contribution is 2.26. The molecule has 8 atom stereocenters. The number of unbranched alkanes of at least 4 members (excludes halogenated alkanes) is 24. The van der Waals surface area contributed by atoms with E-state index in [2.05, 4.69) is 74.7 Å². The van der Waals surface area contributed by atoms with Crippen molar-refractivity contribution in [2.45, 2.75) is 282 Å². The number of nitrogens with one attached hydrogen (secondary N) is 1. The lowest BCUT2D eigenvalue weighted by Gasteiger charge is -2.41. The van der Waals surface area contributed by atoms with Crippen LogP contribution in [0, 0.1) is 0 Å². The fraction of sp³-hybridized carbons (Fsp3) is 0.793. The second-order valence-corrected chi connectivity index (χ2v) is 19.3. The van der Waals surface area contributed by atoms with Gasteiger partial charge in [-0.15, -0.1) is 0 Å². The molecular formula is C58H103NO10. The van der Waals surface area contributed by atoms with Crippen LogP contribution in [0.15, 0.2) is 60.8 Å². The number of ether oxygens (including phenoxy) is 3. The lowest BCUT2D eigenvalue weighted by atomic mass is 9.99. The monoisotopic (exact) mass is 974 g/mol. The Balaban J connectivity index is 2.77. The van der Waals surface area contributed by atoms with E-state index in [0.717, 1.165) is 89.9 Å². The molecule has 69 heavy (non-hydrogen) atoms. The van der Waals surface area contributed by atoms with Crippen molar-refractivity contribution in [3.8, 4) is 0 Å². The molecule has 0 bridgehead atoms. The van der Waals surface area contributed by atoms with E-state index in [1.807, 2.05) is 6.08 Å². The summed E-state index contributed by atoms with van der Waals surface area (Å²) >= 11 is 0. The van der Waals surface area contributed by atoms with Crippen molar-refractivity contribution in [1.82, 2.24) is 5.32 Å². The fourth-order valence-corrected chi connectivity index (χ4v) is 8.36. The summed E-state index contributed by atoms with van der Waals surface area (Å²) in [5.74, 6) is -1.24. The van der Waals surface area contributed by atoms with E-state index in [9.17, 15) is 35.1 Å². The van der Waals surface area contributed by atoms with Gasteiger partial charge in [0, 0.05) is 6.42 Å². The Morgan fingerprint density at radius 3 is 1.54 bits per heavy atom. The maximum atomic E-state index is 13.3. The summed E-state index contributed by atoms with van der Waals surface area (Å²) < 4.78 is 17.5. The third kappa shape index (κ3) is 35.2. The van der Waals surface area contributed by atoms with Crippen LogP contribution in [-0.2, 0) is 23.8 Å². The number of carbonyl (C=O) groups excluding carboxylic acids is 2. The normalized spacial score (nSPS) is 20.3. The summed E-state index contributed by atoms with van der Waals surface area (Å²) in [7, 11) is 0. The van der Waals surface area contributed by atoms with Gasteiger partial charge in [-0.1, -0.05) is 197 Å². The molecule has 0 aliphatic carbocycles. The minimum absolute atomic E-state index is 0.0991. The molecule has 0 aromatic carbocycles. The number of carbonyl (C=O) groups is 2. The van der Waals surface area contributed by atoms with Gasteiger partial charge < -0.3 is 45.1 Å². The topological polar surface area (TPSA) is 175 Å². The van der Waals surface area contributed by atoms with Gasteiger partial charge in [-0.25, -0.2) is 0 Å². The van der Waals surface area contributed by atoms with E-state index in [4.69, 9.17) is 14.2 Å². The Morgan fingerprint density at radius 2 is 1.00 bits per heavy atom. The Labute approximate surface area is 420 Å². The van der Waals surface area contributed by atoms with Crippen LogP contribution < -0.4 is 5.32 Å². The summed E-state index contributed by atoms with van der Waals surface area (Å²) in [5.41, 5.74) is 0. The van der Waals surface area contributed by atoms with Crippen LogP contribution in [0.2, 0.25) is 0 Å². The second kappa shape index (κ2) is 46.4. The van der Waals surface area contributed by atoms with E-state index < -0.39 is 67.4 Å². The first-order valence-corrected chi connectivity index (χ1v) is 28.1. The molecule has 1 amide bonds. The number of esters is 1. The van der Waals surface area contributed by atoms with Gasteiger partial charge in [0.25, 0.3) is 0 Å². The number of rotatable bonds is 46. The SMILES string of the molecule is CCCCC/C=C\C/C=C\C/C=C\CCCCCC(O)C(=O)NC(COC1OC(CO)C(O)C(O)C1OC(=O)CCCCC/C=C\CCCCCCCC)C(O)/C=C/CCCCCCCCCCC. The van der Waals surface area contributed by atoms with Gasteiger partial charge in [-0.3, -0.25) is 9.59 Å². The number of hydrogen-bond donors (Lipinski definition) is 6. The molecule has 0 radical (unpaired) electrons. The van der Waals surface area contributed by atoms with Crippen molar-refractivity contribution in [1.29, 1.82) is 0 Å². The summed E-state index contributed by atoms with van der Waals surface area (Å²) in [6.07, 6.45) is 45.5. The molecule has 1 aliphatic rings. The first-order chi connectivity index (χ1) is 33.7. The molecule has 6 N–H and O–H groups in total. The van der Waals surface area contributed by atoms with Crippen molar-refractivity contribution in [3.63, 3.8) is 0 Å². The Bertz CT molecular complexity index is 1350. The maximum absolute atomic E-state index is 13.3. The predicted octanol–water partition coefficient (Wildman–Crippen LogP) is 12.3. The Hall–Kier alpha value is -2.64. The predicted molar refractivity (Wildman–Crippen MR) is 283 cm³/mol. The van der Waals surface area contributed by atoms with Crippen LogP contribution in [0.5, 0.6) is 0 Å². The lowest BCUT2D eigenvalue weighted by molar-refractivity contribution is -0.305. The van der Waals surface area contributed by atoms with E-state index >= 15 is 0 Å². The van der Waals surface area contributed by atoms with Crippen molar-refractivity contribution in [2.75, 3.05) is 13.2 Å². The van der Waals surface area contributed by atoms with Crippen LogP contribution in [-0.4, -0.2) is 99.6 Å². The minimum atomic E-state index is -1.62. The van der Waals surface area contributed by atoms with Crippen LogP contribution in [0.3, 0.4) is 0 Å². The van der Waals surface area contributed by atoms with Gasteiger partial charge in [0.05, 0.1) is 25.4 Å². The summed E-state index contributed by atoms with van der Waals surface area (Å²) in [6.45, 7) is 5.70. The molecular weight excluding hydrogens is 871 g/mol. The molecule has 8 unspecified atom stereocenters. The Morgan fingerprint density at radius 1 is 0.565 bits per heavy atom. The highest BCUT2D eigenvalue weighted by molar-refractivity contribution is 5.80. The van der Waals surface area contributed by atoms with Gasteiger partial charge >= 0.3 is 5.97 Å². The van der Waals surface area contributed by atoms with Gasteiger partial charge in [-0.05, 0) is 89.9 Å². The lowest BCUT2D eigenvalue weighted by Crippen LogP contribution is -2.61. The average molecular weight is 974 g/mol. The first kappa shape index (κ1) is 64.4. The van der Waals surface area contributed by atoms with Crippen molar-refractivity contribution < 1.29 is 49.3 Å². The zero-order valence-corrected chi connectivity index (χ0v) is 43.9. The van der Waals surface area contributed by atoms with E-state index in [0.29, 0.717) is 12.8 Å². The fourth-order valence-electron chi connectivity index (χ4n) is 8.36. The summed E-state index contributed by atoms with van der Waals surface area (Å²) in [4.78, 5) is 26.4. The molecule has 1 fully saturated rings. The molecule has 1 heterocycles. The molecule has 0 aromatic rings. The van der Waals surface area contributed by atoms with Crippen LogP contribution in [0.4, 0.5) is 0 Å². The highest BCUT2D eigenvalue weighted by Gasteiger charge is 2.47. The number of aliphatic hydroxyl groups excluding tert-OH is 5. The van der Waals surface area contributed by atoms with Gasteiger partial charge in [0.1, 0.15) is 24.4 Å². The van der Waals surface area contributed by atoms with Crippen LogP contribution >= 0.6 is 0 Å². The quantitative estimate of drug-likeness (QED) is 0.0196. The standard InChI is InChI=1S/C58H103NO10/c1-4-7-10-13-16-19-22-24-25-26-28-30-33-36-39-42-45-51(62)57(66)59-49(50(61)44-41-38-35-32-29-21-18-15-12-9-6-3)48-67-58-56(55(65)54(64)52(47-60)68-58)69-53(63)46-43-40-37-34-31-27-23-20-17-14-11-8-5-2/h16,19,24-25,27-28,30-31,41,44,49-52,54-56,58,60-62,64-65H,4-15,17-18,20-23,26,29,32-40,42-43,45-48H2,1-3H3,(H,59,66)/b19-16-,25-24-,30-28-,31-27-,44-41+. The summed E-state index contributed by atoms with van der Waals surface area (Å²) in [5, 5.41) is 56.7. The van der Waals surface area contributed by atoms with E-state index in [1.54, 1.807) is 6.08 Å². The van der Waals surface area contributed by atoms with Gasteiger partial charge in [0.2, 0.25) is 5.91 Å². The molecule has 0 aromatic heterocycles. The zero-order chi connectivity index (χ0) is 50.4. The van der Waals surface area contributed by atoms with Crippen molar-refractivity contribution in [2.24, 2.45) is 0 Å². The van der Waals surface area contributed by atoms with E-state index in [1.165, 1.54) is 96.3 Å². The highest BCUT2D eigenvalue weighted by atomic mass is 16.7. The van der Waals surface area contributed by atoms with Crippen molar-refractivity contribution in [3.05, 3.63) is 60.8 Å². The molecule has 0 spiro atoms. The maximum Gasteiger partial charge on any atom is 0.306 e. The number of allylic oxidation sites excluding steroid dienone is 9. The zero-order valence-electron chi connectivity index (χ0n) is 43.9. The van der Waals surface area contributed by atoms with Gasteiger partial charge in [-0.2, -0.15) is 0 Å². The van der Waals surface area contributed by atoms with Crippen LogP contribution in [0.25, 0.3) is 0 Å². The number of aliphatic hydroxyl groups is 5. The average Bonchev–Trinajstić information content (AvgIpc) is 3.34. The molecule has 0 saturated carbocycles. The molecule has 11 nitrogen and oxygen atoms in total. The van der Waals surface area contributed by atoms with Crippen LogP contribution in [0.1, 0.15) is 233 Å². The second-order valence-electron chi connectivity index (χ2n) is 19.3. The van der Waals surface area contributed by atoms with E-state index in [-0.39, 0.29) is 19.4 Å². The molecule has 1 saturated heterocycles.